The Hall–Kier alpha value is -1.03. The highest BCUT2D eigenvalue weighted by Gasteiger charge is 2.20. The molecule has 1 aliphatic carbocycles. The number of carbonyl (C=O) groups excluding carboxylic acids is 1. The zero-order valence-electron chi connectivity index (χ0n) is 10.6. The summed E-state index contributed by atoms with van der Waals surface area (Å²) in [7, 11) is 0. The summed E-state index contributed by atoms with van der Waals surface area (Å²) >= 11 is 3.42. The van der Waals surface area contributed by atoms with Crippen LogP contribution in [0.3, 0.4) is 0 Å². The Morgan fingerprint density at radius 1 is 1.33 bits per heavy atom. The summed E-state index contributed by atoms with van der Waals surface area (Å²) in [6.45, 7) is 2.25. The molecule has 18 heavy (non-hydrogen) atoms. The molecule has 2 atom stereocenters. The van der Waals surface area contributed by atoms with E-state index in [0.717, 1.165) is 23.0 Å². The van der Waals surface area contributed by atoms with Crippen LogP contribution in [-0.4, -0.2) is 12.1 Å². The van der Waals surface area contributed by atoms with Crippen molar-refractivity contribution in [1.29, 1.82) is 0 Å². The zero-order valence-corrected chi connectivity index (χ0v) is 12.2. The van der Waals surface area contributed by atoms with Crippen molar-refractivity contribution in [1.82, 2.24) is 5.32 Å². The topological polar surface area (TPSA) is 41.1 Å². The van der Waals surface area contributed by atoms with Gasteiger partial charge in [0.2, 0.25) is 0 Å². The Balaban J connectivity index is 1.87. The number of benzene rings is 1. The van der Waals surface area contributed by atoms with E-state index in [0.29, 0.717) is 12.0 Å². The van der Waals surface area contributed by atoms with E-state index < -0.39 is 0 Å². The molecule has 1 aromatic carbocycles. The second kappa shape index (κ2) is 6.23. The largest absolute Gasteiger partial charge is 0.335 e. The average molecular weight is 311 g/mol. The SMILES string of the molecule is C[C@@H]1CCC[C@@H](NC(=O)Nc2ccccc2Br)C1. The lowest BCUT2D eigenvalue weighted by Gasteiger charge is -2.27. The number of hydrogen-bond donors (Lipinski definition) is 2. The first-order chi connectivity index (χ1) is 8.65. The third-order valence-corrected chi connectivity index (χ3v) is 4.09. The molecule has 0 bridgehead atoms. The van der Waals surface area contributed by atoms with Gasteiger partial charge in [0.25, 0.3) is 0 Å². The quantitative estimate of drug-likeness (QED) is 0.846. The van der Waals surface area contributed by atoms with Gasteiger partial charge in [0, 0.05) is 10.5 Å². The van der Waals surface area contributed by atoms with Crippen LogP contribution in [0.2, 0.25) is 0 Å². The highest BCUT2D eigenvalue weighted by Crippen LogP contribution is 2.24. The van der Waals surface area contributed by atoms with Crippen molar-refractivity contribution in [3.05, 3.63) is 28.7 Å². The molecule has 0 aromatic heterocycles. The van der Waals surface area contributed by atoms with Crippen LogP contribution in [0.5, 0.6) is 0 Å². The molecule has 0 radical (unpaired) electrons. The van der Waals surface area contributed by atoms with Crippen LogP contribution < -0.4 is 10.6 Å². The van der Waals surface area contributed by atoms with Crippen molar-refractivity contribution in [2.24, 2.45) is 5.92 Å². The molecule has 1 saturated carbocycles. The standard InChI is InChI=1S/C14H19BrN2O/c1-10-5-4-6-11(9-10)16-14(18)17-13-8-3-2-7-12(13)15/h2-3,7-8,10-11H,4-6,9H2,1H3,(H2,16,17,18)/t10-,11-/m1/s1. The highest BCUT2D eigenvalue weighted by atomic mass is 79.9. The number of urea groups is 1. The lowest BCUT2D eigenvalue weighted by Crippen LogP contribution is -2.40. The highest BCUT2D eigenvalue weighted by molar-refractivity contribution is 9.10. The third kappa shape index (κ3) is 3.73. The fraction of sp³-hybridized carbons (Fsp3) is 0.500. The second-order valence-electron chi connectivity index (χ2n) is 5.05. The Kier molecular flexibility index (Phi) is 4.64. The molecular formula is C14H19BrN2O. The van der Waals surface area contributed by atoms with Crippen LogP contribution >= 0.6 is 15.9 Å². The predicted octanol–water partition coefficient (Wildman–Crippen LogP) is 4.15. The van der Waals surface area contributed by atoms with Gasteiger partial charge in [-0.25, -0.2) is 4.79 Å². The van der Waals surface area contributed by atoms with Crippen LogP contribution in [0.4, 0.5) is 10.5 Å². The Morgan fingerprint density at radius 2 is 2.11 bits per heavy atom. The average Bonchev–Trinajstić information content (AvgIpc) is 2.32. The summed E-state index contributed by atoms with van der Waals surface area (Å²) in [5.41, 5.74) is 0.804. The van der Waals surface area contributed by atoms with Crippen molar-refractivity contribution in [3.8, 4) is 0 Å². The number of hydrogen-bond acceptors (Lipinski definition) is 1. The van der Waals surface area contributed by atoms with Crippen LogP contribution in [0.1, 0.15) is 32.6 Å². The molecule has 2 rings (SSSR count). The summed E-state index contributed by atoms with van der Waals surface area (Å²) in [4.78, 5) is 11.9. The van der Waals surface area contributed by atoms with Gasteiger partial charge in [-0.1, -0.05) is 31.9 Å². The van der Waals surface area contributed by atoms with Gasteiger partial charge >= 0.3 is 6.03 Å². The van der Waals surface area contributed by atoms with Gasteiger partial charge in [0.1, 0.15) is 0 Å². The van der Waals surface area contributed by atoms with Gasteiger partial charge in [-0.3, -0.25) is 0 Å². The van der Waals surface area contributed by atoms with E-state index in [1.165, 1.54) is 12.8 Å². The molecule has 2 amide bonds. The molecule has 0 heterocycles. The number of rotatable bonds is 2. The Morgan fingerprint density at radius 3 is 2.83 bits per heavy atom. The number of halogens is 1. The molecule has 98 valence electrons. The first-order valence-corrected chi connectivity index (χ1v) is 7.26. The van der Waals surface area contributed by atoms with Gasteiger partial charge in [-0.15, -0.1) is 0 Å². The van der Waals surface area contributed by atoms with E-state index in [9.17, 15) is 4.79 Å². The monoisotopic (exact) mass is 310 g/mol. The first kappa shape index (κ1) is 13.4. The predicted molar refractivity (Wildman–Crippen MR) is 77.7 cm³/mol. The zero-order chi connectivity index (χ0) is 13.0. The summed E-state index contributed by atoms with van der Waals surface area (Å²) in [6.07, 6.45) is 4.67. The second-order valence-corrected chi connectivity index (χ2v) is 5.90. The van der Waals surface area contributed by atoms with Crippen molar-refractivity contribution in [2.45, 2.75) is 38.6 Å². The number of anilines is 1. The molecule has 4 heteroatoms. The summed E-state index contributed by atoms with van der Waals surface area (Å²) in [5.74, 6) is 0.715. The summed E-state index contributed by atoms with van der Waals surface area (Å²) in [5, 5.41) is 5.93. The minimum atomic E-state index is -0.110. The fourth-order valence-electron chi connectivity index (χ4n) is 2.47. The maximum absolute atomic E-state index is 11.9. The van der Waals surface area contributed by atoms with Crippen LogP contribution in [0.25, 0.3) is 0 Å². The molecule has 1 aromatic rings. The van der Waals surface area contributed by atoms with Gasteiger partial charge < -0.3 is 10.6 Å². The van der Waals surface area contributed by atoms with Crippen LogP contribution in [0, 0.1) is 5.92 Å². The number of para-hydroxylation sites is 1. The molecule has 1 aliphatic rings. The van der Waals surface area contributed by atoms with E-state index >= 15 is 0 Å². The van der Waals surface area contributed by atoms with Gasteiger partial charge in [-0.05, 0) is 46.8 Å². The van der Waals surface area contributed by atoms with E-state index in [1.54, 1.807) is 0 Å². The van der Waals surface area contributed by atoms with Crippen molar-refractivity contribution in [2.75, 3.05) is 5.32 Å². The normalized spacial score (nSPS) is 23.4. The van der Waals surface area contributed by atoms with E-state index in [-0.39, 0.29) is 6.03 Å². The van der Waals surface area contributed by atoms with Crippen molar-refractivity contribution in [3.63, 3.8) is 0 Å². The summed E-state index contributed by atoms with van der Waals surface area (Å²) < 4.78 is 0.900. The van der Waals surface area contributed by atoms with E-state index in [1.807, 2.05) is 24.3 Å². The minimum Gasteiger partial charge on any atom is -0.335 e. The number of amides is 2. The minimum absolute atomic E-state index is 0.110. The van der Waals surface area contributed by atoms with Crippen molar-refractivity contribution < 1.29 is 4.79 Å². The lowest BCUT2D eigenvalue weighted by molar-refractivity contribution is 0.238. The first-order valence-electron chi connectivity index (χ1n) is 6.47. The van der Waals surface area contributed by atoms with Crippen LogP contribution in [-0.2, 0) is 0 Å². The smallest absolute Gasteiger partial charge is 0.319 e. The molecule has 0 saturated heterocycles. The van der Waals surface area contributed by atoms with Gasteiger partial charge in [0.05, 0.1) is 5.69 Å². The van der Waals surface area contributed by atoms with Crippen LogP contribution in [0.15, 0.2) is 28.7 Å². The Bertz CT molecular complexity index is 422. The van der Waals surface area contributed by atoms with Gasteiger partial charge in [-0.2, -0.15) is 0 Å². The molecular weight excluding hydrogens is 292 g/mol. The van der Waals surface area contributed by atoms with Gasteiger partial charge in [0.15, 0.2) is 0 Å². The number of carbonyl (C=O) groups is 1. The maximum Gasteiger partial charge on any atom is 0.319 e. The third-order valence-electron chi connectivity index (χ3n) is 3.39. The molecule has 3 nitrogen and oxygen atoms in total. The molecule has 0 aliphatic heterocycles. The lowest BCUT2D eigenvalue weighted by atomic mass is 9.87. The fourth-order valence-corrected chi connectivity index (χ4v) is 2.86. The Labute approximate surface area is 116 Å². The molecule has 2 N–H and O–H groups in total. The van der Waals surface area contributed by atoms with Crippen molar-refractivity contribution >= 4 is 27.6 Å². The number of nitrogens with one attached hydrogen (secondary N) is 2. The van der Waals surface area contributed by atoms with E-state index in [4.69, 9.17) is 0 Å². The molecule has 0 spiro atoms. The summed E-state index contributed by atoms with van der Waals surface area (Å²) in [6, 6.07) is 7.84. The molecule has 1 fully saturated rings. The maximum atomic E-state index is 11.9. The molecule has 0 unspecified atom stereocenters. The van der Waals surface area contributed by atoms with E-state index in [2.05, 4.69) is 33.5 Å².